The lowest BCUT2D eigenvalue weighted by molar-refractivity contribution is -0.145. The summed E-state index contributed by atoms with van der Waals surface area (Å²) in [7, 11) is 0. The van der Waals surface area contributed by atoms with Gasteiger partial charge in [0.2, 0.25) is 5.50 Å². The number of thioether (sulfide) groups is 1. The monoisotopic (exact) mass is 230 g/mol. The summed E-state index contributed by atoms with van der Waals surface area (Å²) >= 11 is 0.692. The molecule has 0 radical (unpaired) electrons. The molecule has 4 nitrogen and oxygen atoms in total. The van der Waals surface area contributed by atoms with Gasteiger partial charge in [-0.1, -0.05) is 11.8 Å². The van der Waals surface area contributed by atoms with Gasteiger partial charge < -0.3 is 10.5 Å². The van der Waals surface area contributed by atoms with Gasteiger partial charge >= 0.3 is 5.97 Å². The number of anilines is 1. The van der Waals surface area contributed by atoms with Crippen molar-refractivity contribution >= 4 is 23.4 Å². The first-order chi connectivity index (χ1) is 7.13. The second kappa shape index (κ2) is 5.55. The number of pyridine rings is 1. The minimum atomic E-state index is -1.75. The molecule has 0 saturated carbocycles. The number of esters is 1. The van der Waals surface area contributed by atoms with E-state index >= 15 is 0 Å². The molecule has 0 saturated heterocycles. The maximum Gasteiger partial charge on any atom is 0.351 e. The number of carbonyl (C=O) groups excluding carboxylic acids is 1. The van der Waals surface area contributed by atoms with Crippen LogP contribution >= 0.6 is 11.8 Å². The number of hydrogen-bond acceptors (Lipinski definition) is 5. The normalized spacial score (nSPS) is 12.1. The molecule has 1 heterocycles. The van der Waals surface area contributed by atoms with Crippen molar-refractivity contribution in [1.29, 1.82) is 0 Å². The van der Waals surface area contributed by atoms with Crippen molar-refractivity contribution in [3.8, 4) is 0 Å². The fourth-order valence-corrected chi connectivity index (χ4v) is 1.46. The van der Waals surface area contributed by atoms with Crippen LogP contribution in [0.4, 0.5) is 10.1 Å². The van der Waals surface area contributed by atoms with Gasteiger partial charge in [0.25, 0.3) is 0 Å². The van der Waals surface area contributed by atoms with Gasteiger partial charge in [-0.3, -0.25) is 0 Å². The van der Waals surface area contributed by atoms with Gasteiger partial charge in [0.05, 0.1) is 23.5 Å². The van der Waals surface area contributed by atoms with Crippen LogP contribution in [0.2, 0.25) is 0 Å². The van der Waals surface area contributed by atoms with Crippen LogP contribution in [0.25, 0.3) is 0 Å². The minimum Gasteiger partial charge on any atom is -0.463 e. The minimum absolute atomic E-state index is 0.162. The summed E-state index contributed by atoms with van der Waals surface area (Å²) in [5.74, 6) is -0.888. The van der Waals surface area contributed by atoms with E-state index in [0.29, 0.717) is 22.5 Å². The van der Waals surface area contributed by atoms with Gasteiger partial charge in [-0.25, -0.2) is 14.2 Å². The number of halogens is 1. The zero-order valence-corrected chi connectivity index (χ0v) is 8.96. The average molecular weight is 230 g/mol. The molecule has 1 aromatic rings. The molecule has 0 aliphatic rings. The fourth-order valence-electron chi connectivity index (χ4n) is 0.823. The van der Waals surface area contributed by atoms with E-state index in [1.807, 2.05) is 0 Å². The molecule has 0 spiro atoms. The highest BCUT2D eigenvalue weighted by Crippen LogP contribution is 2.23. The summed E-state index contributed by atoms with van der Waals surface area (Å²) in [5.41, 5.74) is 4.15. The van der Waals surface area contributed by atoms with Crippen LogP contribution in [-0.4, -0.2) is 23.1 Å². The van der Waals surface area contributed by atoms with Gasteiger partial charge in [-0.2, -0.15) is 0 Å². The highest BCUT2D eigenvalue weighted by Gasteiger charge is 2.20. The Morgan fingerprint density at radius 2 is 2.47 bits per heavy atom. The Labute approximate surface area is 91.0 Å². The second-order valence-electron chi connectivity index (χ2n) is 2.62. The highest BCUT2D eigenvalue weighted by atomic mass is 32.2. The molecular weight excluding hydrogens is 219 g/mol. The van der Waals surface area contributed by atoms with Gasteiger partial charge in [0, 0.05) is 0 Å². The lowest BCUT2D eigenvalue weighted by Gasteiger charge is -2.06. The van der Waals surface area contributed by atoms with Gasteiger partial charge in [-0.15, -0.1) is 0 Å². The Kier molecular flexibility index (Phi) is 4.36. The lowest BCUT2D eigenvalue weighted by atomic mass is 10.4. The Morgan fingerprint density at radius 1 is 1.73 bits per heavy atom. The van der Waals surface area contributed by atoms with Crippen LogP contribution in [0, 0.1) is 0 Å². The van der Waals surface area contributed by atoms with Gasteiger partial charge in [0.1, 0.15) is 0 Å². The Bertz CT molecular complexity index is 331. The molecule has 1 atom stereocenters. The molecule has 82 valence electrons. The van der Waals surface area contributed by atoms with E-state index in [-0.39, 0.29) is 6.61 Å². The molecule has 0 aromatic carbocycles. The summed E-state index contributed by atoms with van der Waals surface area (Å²) in [6, 6.07) is 3.14. The summed E-state index contributed by atoms with van der Waals surface area (Å²) < 4.78 is 17.7. The van der Waals surface area contributed by atoms with Crippen LogP contribution in [-0.2, 0) is 9.53 Å². The predicted molar refractivity (Wildman–Crippen MR) is 56.0 cm³/mol. The molecular formula is C9H11FN2O2S. The van der Waals surface area contributed by atoms with Crippen LogP contribution in [0.15, 0.2) is 23.4 Å². The van der Waals surface area contributed by atoms with Crippen LogP contribution < -0.4 is 5.73 Å². The molecule has 6 heteroatoms. The molecule has 0 aliphatic carbocycles. The molecule has 0 bridgehead atoms. The van der Waals surface area contributed by atoms with Crippen molar-refractivity contribution < 1.29 is 13.9 Å². The number of nitrogens with zero attached hydrogens (tertiary/aromatic N) is 1. The maximum atomic E-state index is 13.2. The first-order valence-electron chi connectivity index (χ1n) is 4.32. The number of alkyl halides is 1. The summed E-state index contributed by atoms with van der Waals surface area (Å²) in [4.78, 5) is 14.8. The third-order valence-electron chi connectivity index (χ3n) is 1.46. The van der Waals surface area contributed by atoms with Crippen LogP contribution in [0.1, 0.15) is 6.92 Å². The Balaban J connectivity index is 2.54. The number of carbonyl (C=O) groups is 1. The smallest absolute Gasteiger partial charge is 0.351 e. The molecule has 2 N–H and O–H groups in total. The fraction of sp³-hybridized carbons (Fsp3) is 0.333. The molecule has 0 amide bonds. The van der Waals surface area contributed by atoms with Gasteiger partial charge in [-0.05, 0) is 19.1 Å². The molecule has 0 aliphatic heterocycles. The van der Waals surface area contributed by atoms with Crippen molar-refractivity contribution in [2.75, 3.05) is 12.3 Å². The number of ether oxygens (including phenoxy) is 1. The third kappa shape index (κ3) is 3.75. The second-order valence-corrected chi connectivity index (χ2v) is 3.68. The maximum absolute atomic E-state index is 13.2. The lowest BCUT2D eigenvalue weighted by Crippen LogP contribution is -2.15. The topological polar surface area (TPSA) is 65.2 Å². The zero-order chi connectivity index (χ0) is 11.3. The van der Waals surface area contributed by atoms with E-state index < -0.39 is 11.5 Å². The largest absolute Gasteiger partial charge is 0.463 e. The van der Waals surface area contributed by atoms with Crippen molar-refractivity contribution in [2.24, 2.45) is 0 Å². The number of aromatic nitrogens is 1. The first kappa shape index (κ1) is 11.8. The summed E-state index contributed by atoms with van der Waals surface area (Å²) in [5, 5.41) is 0.393. The zero-order valence-electron chi connectivity index (χ0n) is 8.14. The van der Waals surface area contributed by atoms with Crippen molar-refractivity contribution in [1.82, 2.24) is 4.98 Å². The highest BCUT2D eigenvalue weighted by molar-refractivity contribution is 8.00. The van der Waals surface area contributed by atoms with Crippen molar-refractivity contribution in [3.63, 3.8) is 0 Å². The van der Waals surface area contributed by atoms with E-state index in [0.717, 1.165) is 0 Å². The van der Waals surface area contributed by atoms with E-state index in [1.54, 1.807) is 19.1 Å². The molecule has 15 heavy (non-hydrogen) atoms. The molecule has 1 unspecified atom stereocenters. The van der Waals surface area contributed by atoms with E-state index in [1.165, 1.54) is 6.20 Å². The van der Waals surface area contributed by atoms with Gasteiger partial charge in [0.15, 0.2) is 0 Å². The van der Waals surface area contributed by atoms with Crippen LogP contribution in [0.5, 0.6) is 0 Å². The molecule has 0 fully saturated rings. The number of rotatable bonds is 4. The predicted octanol–water partition coefficient (Wildman–Crippen LogP) is 1.61. The number of nitrogen functional groups attached to an aromatic ring is 1. The number of nitrogens with two attached hydrogens (primary N) is 1. The number of hydrogen-bond donors (Lipinski definition) is 1. The quantitative estimate of drug-likeness (QED) is 0.629. The molecule has 1 aromatic heterocycles. The van der Waals surface area contributed by atoms with E-state index in [2.05, 4.69) is 9.72 Å². The van der Waals surface area contributed by atoms with E-state index in [9.17, 15) is 9.18 Å². The Hall–Kier alpha value is -1.30. The average Bonchev–Trinajstić information content (AvgIpc) is 2.22. The van der Waals surface area contributed by atoms with E-state index in [4.69, 9.17) is 5.73 Å². The summed E-state index contributed by atoms with van der Waals surface area (Å²) in [6.45, 7) is 1.78. The van der Waals surface area contributed by atoms with Crippen LogP contribution in [0.3, 0.4) is 0 Å². The summed E-state index contributed by atoms with van der Waals surface area (Å²) in [6.07, 6.45) is 1.40. The Morgan fingerprint density at radius 3 is 3.00 bits per heavy atom. The third-order valence-corrected chi connectivity index (χ3v) is 2.34. The standard InChI is InChI=1S/C9H11FN2O2S/c1-2-14-9(13)8(10)15-7-4-3-6(11)5-12-7/h3-5,8H,2,11H2,1H3. The van der Waals surface area contributed by atoms with Crippen molar-refractivity contribution in [3.05, 3.63) is 18.3 Å². The molecule has 1 rings (SSSR count). The first-order valence-corrected chi connectivity index (χ1v) is 5.20. The SMILES string of the molecule is CCOC(=O)C(F)Sc1ccc(N)cn1. The van der Waals surface area contributed by atoms with Crippen molar-refractivity contribution in [2.45, 2.75) is 17.5 Å².